The van der Waals surface area contributed by atoms with E-state index in [0.717, 1.165) is 16.7 Å². The number of fused-ring (bicyclic) bond motifs is 1. The van der Waals surface area contributed by atoms with E-state index < -0.39 is 15.6 Å². The fraction of sp³-hybridized carbons (Fsp3) is 0.185. The Morgan fingerprint density at radius 2 is 1.47 bits per heavy atom. The lowest BCUT2D eigenvalue weighted by Gasteiger charge is -2.16. The molecular formula is C27H25NO5S. The van der Waals surface area contributed by atoms with E-state index in [4.69, 9.17) is 9.47 Å². The molecule has 0 aliphatic carbocycles. The number of hydrogen-bond donors (Lipinski definition) is 0. The lowest BCUT2D eigenvalue weighted by Crippen LogP contribution is -2.13. The van der Waals surface area contributed by atoms with Gasteiger partial charge in [-0.25, -0.2) is 8.42 Å². The standard InChI is InChI=1S/C27H25NO5S/c1-16-6-10-20(11-7-16)34(30,31)27-21-13-24(32-4)25(33-5)14-23(21)28-15-22(27)26(29)19-9-8-17(2)18(3)12-19/h6-15H,1-5H3. The summed E-state index contributed by atoms with van der Waals surface area (Å²) < 4.78 is 38.6. The molecule has 0 spiro atoms. The van der Waals surface area contributed by atoms with Gasteiger partial charge in [0, 0.05) is 23.2 Å². The minimum absolute atomic E-state index is 0.00329. The van der Waals surface area contributed by atoms with Gasteiger partial charge in [-0.2, -0.15) is 0 Å². The van der Waals surface area contributed by atoms with Crippen LogP contribution in [-0.2, 0) is 9.84 Å². The predicted molar refractivity (Wildman–Crippen MR) is 131 cm³/mol. The predicted octanol–water partition coefficient (Wildman–Crippen LogP) is 5.24. The molecule has 0 aliphatic rings. The smallest absolute Gasteiger partial charge is 0.208 e. The van der Waals surface area contributed by atoms with Crippen LogP contribution in [0.4, 0.5) is 0 Å². The Balaban J connectivity index is 2.07. The first-order valence-corrected chi connectivity index (χ1v) is 12.1. The van der Waals surface area contributed by atoms with Crippen molar-refractivity contribution in [3.63, 3.8) is 0 Å². The van der Waals surface area contributed by atoms with Crippen LogP contribution in [0, 0.1) is 20.8 Å². The molecule has 4 rings (SSSR count). The van der Waals surface area contributed by atoms with Gasteiger partial charge in [-0.15, -0.1) is 0 Å². The van der Waals surface area contributed by atoms with Crippen LogP contribution in [-0.4, -0.2) is 33.4 Å². The molecule has 174 valence electrons. The zero-order valence-electron chi connectivity index (χ0n) is 19.7. The number of sulfone groups is 1. The Labute approximate surface area is 199 Å². The molecule has 3 aromatic carbocycles. The van der Waals surface area contributed by atoms with Gasteiger partial charge in [-0.05, 0) is 56.2 Å². The highest BCUT2D eigenvalue weighted by molar-refractivity contribution is 7.91. The lowest BCUT2D eigenvalue weighted by atomic mass is 9.99. The fourth-order valence-electron chi connectivity index (χ4n) is 3.82. The van der Waals surface area contributed by atoms with Crippen molar-refractivity contribution in [2.75, 3.05) is 14.2 Å². The minimum Gasteiger partial charge on any atom is -0.493 e. The van der Waals surface area contributed by atoms with Crippen molar-refractivity contribution in [1.29, 1.82) is 0 Å². The summed E-state index contributed by atoms with van der Waals surface area (Å²) in [7, 11) is -1.13. The van der Waals surface area contributed by atoms with Gasteiger partial charge in [0.15, 0.2) is 17.3 Å². The molecular weight excluding hydrogens is 450 g/mol. The number of ketones is 1. The average molecular weight is 476 g/mol. The topological polar surface area (TPSA) is 82.6 Å². The lowest BCUT2D eigenvalue weighted by molar-refractivity contribution is 0.103. The van der Waals surface area contributed by atoms with E-state index in [2.05, 4.69) is 4.98 Å². The van der Waals surface area contributed by atoms with Gasteiger partial charge in [-0.3, -0.25) is 9.78 Å². The summed E-state index contributed by atoms with van der Waals surface area (Å²) in [6, 6.07) is 15.0. The number of ether oxygens (including phenoxy) is 2. The van der Waals surface area contributed by atoms with Gasteiger partial charge in [0.25, 0.3) is 0 Å². The molecule has 0 atom stereocenters. The number of benzene rings is 3. The number of aryl methyl sites for hydroxylation is 3. The van der Waals surface area contributed by atoms with Gasteiger partial charge >= 0.3 is 0 Å². The van der Waals surface area contributed by atoms with E-state index in [0.29, 0.717) is 22.6 Å². The van der Waals surface area contributed by atoms with Crippen molar-refractivity contribution in [3.05, 3.63) is 88.6 Å². The van der Waals surface area contributed by atoms with E-state index in [-0.39, 0.29) is 20.7 Å². The zero-order chi connectivity index (χ0) is 24.6. The van der Waals surface area contributed by atoms with Crippen LogP contribution in [0.1, 0.15) is 32.6 Å². The second-order valence-electron chi connectivity index (χ2n) is 8.17. The summed E-state index contributed by atoms with van der Waals surface area (Å²) in [5.41, 5.74) is 3.68. The molecule has 0 saturated carbocycles. The molecule has 0 saturated heterocycles. The Kier molecular flexibility index (Phi) is 6.15. The molecule has 1 heterocycles. The second kappa shape index (κ2) is 8.91. The van der Waals surface area contributed by atoms with Crippen molar-refractivity contribution in [3.8, 4) is 11.5 Å². The Bertz CT molecular complexity index is 1520. The summed E-state index contributed by atoms with van der Waals surface area (Å²) in [4.78, 5) is 18.0. The first kappa shape index (κ1) is 23.4. The van der Waals surface area contributed by atoms with Crippen molar-refractivity contribution in [2.24, 2.45) is 0 Å². The quantitative estimate of drug-likeness (QED) is 0.355. The van der Waals surface area contributed by atoms with Crippen LogP contribution in [0.25, 0.3) is 10.9 Å². The summed E-state index contributed by atoms with van der Waals surface area (Å²) >= 11 is 0. The van der Waals surface area contributed by atoms with E-state index in [1.165, 1.54) is 20.4 Å². The minimum atomic E-state index is -4.09. The molecule has 0 aliphatic heterocycles. The number of pyridine rings is 1. The average Bonchev–Trinajstić information content (AvgIpc) is 2.83. The Hall–Kier alpha value is -3.71. The number of carbonyl (C=O) groups excluding carboxylic acids is 1. The van der Waals surface area contributed by atoms with E-state index in [1.807, 2.05) is 26.8 Å². The third-order valence-electron chi connectivity index (χ3n) is 5.94. The SMILES string of the molecule is COc1cc2ncc(C(=O)c3ccc(C)c(C)c3)c(S(=O)(=O)c3ccc(C)cc3)c2cc1OC. The van der Waals surface area contributed by atoms with Gasteiger partial charge in [0.1, 0.15) is 0 Å². The molecule has 0 fully saturated rings. The van der Waals surface area contributed by atoms with Crippen LogP contribution in [0.3, 0.4) is 0 Å². The third kappa shape index (κ3) is 4.03. The first-order valence-electron chi connectivity index (χ1n) is 10.7. The number of carbonyl (C=O) groups is 1. The van der Waals surface area contributed by atoms with Gasteiger partial charge in [-0.1, -0.05) is 29.8 Å². The number of nitrogens with zero attached hydrogens (tertiary/aromatic N) is 1. The normalized spacial score (nSPS) is 11.4. The maximum Gasteiger partial charge on any atom is 0.208 e. The Morgan fingerprint density at radius 3 is 2.09 bits per heavy atom. The molecule has 1 aromatic heterocycles. The maximum absolute atomic E-state index is 13.9. The van der Waals surface area contributed by atoms with Gasteiger partial charge < -0.3 is 9.47 Å². The van der Waals surface area contributed by atoms with E-state index in [9.17, 15) is 13.2 Å². The number of hydrogen-bond acceptors (Lipinski definition) is 6. The fourth-order valence-corrected chi connectivity index (χ4v) is 5.44. The monoisotopic (exact) mass is 475 g/mol. The highest BCUT2D eigenvalue weighted by Gasteiger charge is 2.29. The summed E-state index contributed by atoms with van der Waals surface area (Å²) in [5, 5.41) is 0.285. The molecule has 0 amide bonds. The molecule has 0 bridgehead atoms. The van der Waals surface area contributed by atoms with Crippen molar-refractivity contribution in [1.82, 2.24) is 4.98 Å². The van der Waals surface area contributed by atoms with Crippen LogP contribution >= 0.6 is 0 Å². The molecule has 0 N–H and O–H groups in total. The highest BCUT2D eigenvalue weighted by Crippen LogP contribution is 2.38. The first-order chi connectivity index (χ1) is 16.2. The van der Waals surface area contributed by atoms with E-state index >= 15 is 0 Å². The maximum atomic E-state index is 13.9. The number of rotatable bonds is 6. The van der Waals surface area contributed by atoms with Crippen molar-refractivity contribution >= 4 is 26.5 Å². The van der Waals surface area contributed by atoms with Gasteiger partial charge in [0.05, 0.1) is 35.1 Å². The number of aromatic nitrogens is 1. The second-order valence-corrected chi connectivity index (χ2v) is 10.1. The summed E-state index contributed by atoms with van der Waals surface area (Å²) in [6.45, 7) is 5.74. The number of methoxy groups -OCH3 is 2. The summed E-state index contributed by atoms with van der Waals surface area (Å²) in [5.74, 6) is 0.334. The van der Waals surface area contributed by atoms with Crippen molar-refractivity contribution in [2.45, 2.75) is 30.6 Å². The zero-order valence-corrected chi connectivity index (χ0v) is 20.5. The van der Waals surface area contributed by atoms with Crippen LogP contribution < -0.4 is 9.47 Å². The van der Waals surface area contributed by atoms with E-state index in [1.54, 1.807) is 48.5 Å². The molecule has 4 aromatic rings. The summed E-state index contributed by atoms with van der Waals surface area (Å²) in [6.07, 6.45) is 1.33. The molecule has 7 heteroatoms. The van der Waals surface area contributed by atoms with Crippen LogP contribution in [0.5, 0.6) is 11.5 Å². The van der Waals surface area contributed by atoms with Gasteiger partial charge in [0.2, 0.25) is 9.84 Å². The molecule has 34 heavy (non-hydrogen) atoms. The molecule has 0 unspecified atom stereocenters. The largest absolute Gasteiger partial charge is 0.493 e. The third-order valence-corrected chi connectivity index (χ3v) is 7.81. The van der Waals surface area contributed by atoms with Crippen molar-refractivity contribution < 1.29 is 22.7 Å². The Morgan fingerprint density at radius 1 is 0.824 bits per heavy atom. The highest BCUT2D eigenvalue weighted by atomic mass is 32.2. The van der Waals surface area contributed by atoms with Crippen LogP contribution in [0.15, 0.2) is 70.6 Å². The van der Waals surface area contributed by atoms with Crippen LogP contribution in [0.2, 0.25) is 0 Å². The molecule has 0 radical (unpaired) electrons. The molecule has 6 nitrogen and oxygen atoms in total.